The second-order valence-electron chi connectivity index (χ2n) is 9.62. The van der Waals surface area contributed by atoms with Crippen LogP contribution in [0.15, 0.2) is 34.7 Å². The van der Waals surface area contributed by atoms with E-state index in [0.717, 1.165) is 83.3 Å². The number of hydrogen-bond acceptors (Lipinski definition) is 6. The van der Waals surface area contributed by atoms with Crippen molar-refractivity contribution in [3.8, 4) is 0 Å². The molecule has 1 N–H and O–H groups in total. The fourth-order valence-electron chi connectivity index (χ4n) is 4.77. The minimum Gasteiger partial charge on any atom is -0.455 e. The number of carbonyl (C=O) groups is 1. The van der Waals surface area contributed by atoms with E-state index in [1.54, 1.807) is 6.07 Å². The lowest BCUT2D eigenvalue weighted by molar-refractivity contribution is 0.0564. The molecule has 0 spiro atoms. The van der Waals surface area contributed by atoms with Gasteiger partial charge in [-0.15, -0.1) is 12.4 Å². The van der Waals surface area contributed by atoms with Crippen molar-refractivity contribution in [1.82, 2.24) is 20.0 Å². The van der Waals surface area contributed by atoms with Crippen LogP contribution in [0.25, 0.3) is 0 Å². The van der Waals surface area contributed by atoms with Crippen LogP contribution in [0.1, 0.15) is 36.6 Å². The monoisotopic (exact) mass is 557 g/mol. The van der Waals surface area contributed by atoms with Gasteiger partial charge in [-0.2, -0.15) is 0 Å². The molecule has 2 aliphatic rings. The van der Waals surface area contributed by atoms with Crippen molar-refractivity contribution in [2.24, 2.45) is 0 Å². The molecule has 2 aliphatic heterocycles. The van der Waals surface area contributed by atoms with Crippen LogP contribution in [0, 0.1) is 0 Å². The number of halogens is 3. The maximum absolute atomic E-state index is 12.8. The Kier molecular flexibility index (Phi) is 11.2. The number of furan rings is 1. The van der Waals surface area contributed by atoms with E-state index in [2.05, 4.69) is 33.9 Å². The van der Waals surface area contributed by atoms with Crippen molar-refractivity contribution in [3.05, 3.63) is 51.9 Å². The Labute approximate surface area is 231 Å². The molecule has 0 atom stereocenters. The van der Waals surface area contributed by atoms with E-state index in [9.17, 15) is 4.79 Å². The first-order valence-corrected chi connectivity index (χ1v) is 13.4. The number of hydrogen-bond donors (Lipinski definition) is 1. The minimum absolute atomic E-state index is 0. The van der Waals surface area contributed by atoms with E-state index in [1.807, 2.05) is 29.2 Å². The normalized spacial score (nSPS) is 17.5. The molecule has 0 bridgehead atoms. The van der Waals surface area contributed by atoms with E-state index in [-0.39, 0.29) is 18.3 Å². The molecule has 200 valence electrons. The van der Waals surface area contributed by atoms with Gasteiger partial charge in [0.1, 0.15) is 5.76 Å². The molecule has 1 amide bonds. The summed E-state index contributed by atoms with van der Waals surface area (Å²) < 4.78 is 5.84. The molecule has 0 radical (unpaired) electrons. The third-order valence-corrected chi connectivity index (χ3v) is 7.78. The Morgan fingerprint density at radius 3 is 2.42 bits per heavy atom. The topological polar surface area (TPSA) is 55.2 Å². The van der Waals surface area contributed by atoms with Crippen LogP contribution in [0.3, 0.4) is 0 Å². The molecule has 0 saturated carbocycles. The van der Waals surface area contributed by atoms with Crippen molar-refractivity contribution in [3.63, 3.8) is 0 Å². The fraction of sp³-hybridized carbons (Fsp3) is 0.577. The summed E-state index contributed by atoms with van der Waals surface area (Å²) in [6.45, 7) is 14.2. The van der Waals surface area contributed by atoms with Crippen LogP contribution in [-0.2, 0) is 6.54 Å². The standard InChI is InChI=1S/C26H37Cl2N5O2.ClH/c1-20(2)31-15-17-33(18-16-31)26(34)24-8-7-21(35-24)19-29-9-4-10-30-11-13-32(14-12-30)23-6-3-5-22(27)25(23)28;/h3,5-8,20,29H,4,9-19H2,1-2H3;1H. The van der Waals surface area contributed by atoms with Gasteiger partial charge in [0, 0.05) is 58.4 Å². The maximum atomic E-state index is 12.8. The summed E-state index contributed by atoms with van der Waals surface area (Å²) in [5.41, 5.74) is 1.02. The third-order valence-electron chi connectivity index (χ3n) is 6.98. The molecule has 10 heteroatoms. The highest BCUT2D eigenvalue weighted by molar-refractivity contribution is 6.43. The number of rotatable bonds is 9. The van der Waals surface area contributed by atoms with Crippen LogP contribution >= 0.6 is 35.6 Å². The fourth-order valence-corrected chi connectivity index (χ4v) is 5.19. The van der Waals surface area contributed by atoms with Crippen LogP contribution in [0.4, 0.5) is 5.69 Å². The number of piperazine rings is 2. The molecule has 1 aromatic carbocycles. The third kappa shape index (κ3) is 7.53. The van der Waals surface area contributed by atoms with E-state index < -0.39 is 0 Å². The van der Waals surface area contributed by atoms with Crippen molar-refractivity contribution in [2.45, 2.75) is 32.9 Å². The number of nitrogens with one attached hydrogen (secondary N) is 1. The molecule has 2 fully saturated rings. The zero-order chi connectivity index (χ0) is 24.8. The summed E-state index contributed by atoms with van der Waals surface area (Å²) in [5, 5.41) is 4.69. The van der Waals surface area contributed by atoms with Gasteiger partial charge in [0.25, 0.3) is 5.91 Å². The minimum atomic E-state index is -0.00198. The van der Waals surface area contributed by atoms with Gasteiger partial charge in [-0.1, -0.05) is 29.3 Å². The molecule has 1 aromatic heterocycles. The Morgan fingerprint density at radius 2 is 1.72 bits per heavy atom. The quantitative estimate of drug-likeness (QED) is 0.458. The number of nitrogens with zero attached hydrogens (tertiary/aromatic N) is 4. The number of benzene rings is 1. The molecular weight excluding hydrogens is 521 g/mol. The average molecular weight is 559 g/mol. The molecule has 7 nitrogen and oxygen atoms in total. The Balaban J connectivity index is 0.00000361. The van der Waals surface area contributed by atoms with Crippen molar-refractivity contribution in [2.75, 3.05) is 70.3 Å². The predicted octanol–water partition coefficient (Wildman–Crippen LogP) is 4.48. The van der Waals surface area contributed by atoms with Crippen LogP contribution in [-0.4, -0.2) is 92.1 Å². The highest BCUT2D eigenvalue weighted by Crippen LogP contribution is 2.32. The van der Waals surface area contributed by atoms with Gasteiger partial charge >= 0.3 is 0 Å². The van der Waals surface area contributed by atoms with E-state index >= 15 is 0 Å². The number of anilines is 1. The molecule has 3 heterocycles. The lowest BCUT2D eigenvalue weighted by Gasteiger charge is -2.36. The van der Waals surface area contributed by atoms with Crippen molar-refractivity contribution < 1.29 is 9.21 Å². The molecular formula is C26H38Cl3N5O2. The second kappa shape index (κ2) is 13.9. The molecule has 0 unspecified atom stereocenters. The molecule has 4 rings (SSSR count). The average Bonchev–Trinajstić information content (AvgIpc) is 3.34. The first-order valence-electron chi connectivity index (χ1n) is 12.7. The summed E-state index contributed by atoms with van der Waals surface area (Å²) in [5.74, 6) is 1.25. The van der Waals surface area contributed by atoms with Crippen molar-refractivity contribution >= 4 is 47.2 Å². The highest BCUT2D eigenvalue weighted by Gasteiger charge is 2.25. The van der Waals surface area contributed by atoms with Crippen LogP contribution in [0.2, 0.25) is 10.0 Å². The molecule has 2 saturated heterocycles. The smallest absolute Gasteiger partial charge is 0.289 e. The molecule has 0 aliphatic carbocycles. The second-order valence-corrected chi connectivity index (χ2v) is 10.4. The summed E-state index contributed by atoms with van der Waals surface area (Å²) >= 11 is 12.5. The first kappa shape index (κ1) is 29.1. The maximum Gasteiger partial charge on any atom is 0.289 e. The Bertz CT molecular complexity index is 970. The lowest BCUT2D eigenvalue weighted by atomic mass is 10.2. The summed E-state index contributed by atoms with van der Waals surface area (Å²) in [6.07, 6.45) is 1.06. The van der Waals surface area contributed by atoms with Gasteiger partial charge in [-0.3, -0.25) is 14.6 Å². The van der Waals surface area contributed by atoms with Crippen LogP contribution in [0.5, 0.6) is 0 Å². The highest BCUT2D eigenvalue weighted by atomic mass is 35.5. The van der Waals surface area contributed by atoms with Gasteiger partial charge in [-0.25, -0.2) is 0 Å². The van der Waals surface area contributed by atoms with E-state index in [4.69, 9.17) is 27.6 Å². The first-order chi connectivity index (χ1) is 16.9. The summed E-state index contributed by atoms with van der Waals surface area (Å²) in [6, 6.07) is 10.0. The molecule has 2 aromatic rings. The largest absolute Gasteiger partial charge is 0.455 e. The van der Waals surface area contributed by atoms with E-state index in [1.165, 1.54) is 0 Å². The van der Waals surface area contributed by atoms with Crippen LogP contribution < -0.4 is 10.2 Å². The van der Waals surface area contributed by atoms with Gasteiger partial charge in [0.05, 0.1) is 22.3 Å². The van der Waals surface area contributed by atoms with Gasteiger partial charge in [0.15, 0.2) is 5.76 Å². The number of carbonyl (C=O) groups excluding carboxylic acids is 1. The zero-order valence-corrected chi connectivity index (χ0v) is 23.5. The summed E-state index contributed by atoms with van der Waals surface area (Å²) in [7, 11) is 0. The van der Waals surface area contributed by atoms with Gasteiger partial charge in [-0.05, 0) is 57.6 Å². The number of amides is 1. The predicted molar refractivity (Wildman–Crippen MR) is 150 cm³/mol. The SMILES string of the molecule is CC(C)N1CCN(C(=O)c2ccc(CNCCCN3CCN(c4cccc(Cl)c4Cl)CC3)o2)CC1.Cl. The van der Waals surface area contributed by atoms with E-state index in [0.29, 0.717) is 28.4 Å². The molecule has 36 heavy (non-hydrogen) atoms. The Morgan fingerprint density at radius 1 is 1.00 bits per heavy atom. The Hall–Kier alpha value is -1.48. The zero-order valence-electron chi connectivity index (χ0n) is 21.2. The van der Waals surface area contributed by atoms with Crippen molar-refractivity contribution in [1.29, 1.82) is 0 Å². The van der Waals surface area contributed by atoms with Gasteiger partial charge < -0.3 is 19.5 Å². The van der Waals surface area contributed by atoms with Gasteiger partial charge in [0.2, 0.25) is 0 Å². The lowest BCUT2D eigenvalue weighted by Crippen LogP contribution is -2.50. The summed E-state index contributed by atoms with van der Waals surface area (Å²) in [4.78, 5) is 21.9.